The maximum Gasteiger partial charge on any atom is 0.457 e. The van der Waals surface area contributed by atoms with E-state index in [4.69, 9.17) is 8.85 Å². The quantitative estimate of drug-likeness (QED) is 0.0528. The van der Waals surface area contributed by atoms with Gasteiger partial charge in [0.05, 0.1) is 0 Å². The van der Waals surface area contributed by atoms with Crippen LogP contribution in [0.25, 0.3) is 0 Å². The van der Waals surface area contributed by atoms with Crippen LogP contribution in [0.1, 0.15) is 219 Å². The number of rotatable bonds is 34. The third kappa shape index (κ3) is 33.9. The van der Waals surface area contributed by atoms with Crippen molar-refractivity contribution in [1.29, 1.82) is 0 Å². The molecule has 0 aromatic heterocycles. The van der Waals surface area contributed by atoms with Crippen LogP contribution < -0.4 is 0 Å². The molecule has 0 radical (unpaired) electrons. The fourth-order valence-electron chi connectivity index (χ4n) is 5.95. The van der Waals surface area contributed by atoms with Gasteiger partial charge < -0.3 is 8.85 Å². The van der Waals surface area contributed by atoms with E-state index < -0.39 is 8.56 Å². The first-order valence-electron chi connectivity index (χ1n) is 19.3. The molecule has 0 rings (SSSR count). The van der Waals surface area contributed by atoms with Crippen LogP contribution in [-0.4, -0.2) is 20.5 Å². The molecule has 43 heavy (non-hydrogen) atoms. The van der Waals surface area contributed by atoms with E-state index >= 15 is 0 Å². The van der Waals surface area contributed by atoms with E-state index in [9.17, 15) is 9.59 Å². The highest BCUT2D eigenvalue weighted by Crippen LogP contribution is 2.17. The first kappa shape index (κ1) is 42.2. The Balaban J connectivity index is 3.52. The highest BCUT2D eigenvalue weighted by atomic mass is 28.4. The van der Waals surface area contributed by atoms with Crippen molar-refractivity contribution in [3.05, 3.63) is 0 Å². The first-order valence-corrected chi connectivity index (χ1v) is 22.2. The van der Waals surface area contributed by atoms with Gasteiger partial charge in [0.15, 0.2) is 0 Å². The molecular weight excluding hydrogens is 549 g/mol. The summed E-state index contributed by atoms with van der Waals surface area (Å²) < 4.78 is 11.2. The van der Waals surface area contributed by atoms with Gasteiger partial charge in [-0.1, -0.05) is 194 Å². The van der Waals surface area contributed by atoms with E-state index in [-0.39, 0.29) is 11.9 Å². The molecule has 256 valence electrons. The molecule has 0 fully saturated rings. The molecule has 4 nitrogen and oxygen atoms in total. The van der Waals surface area contributed by atoms with Gasteiger partial charge in [-0.3, -0.25) is 9.59 Å². The Bertz CT molecular complexity index is 557. The topological polar surface area (TPSA) is 52.6 Å². The smallest absolute Gasteiger partial charge is 0.457 e. The molecule has 5 heteroatoms. The molecular formula is C38H76O4Si. The summed E-state index contributed by atoms with van der Waals surface area (Å²) in [5, 5.41) is 0. The van der Waals surface area contributed by atoms with Crippen molar-refractivity contribution >= 4 is 20.5 Å². The second kappa shape index (κ2) is 32.5. The average molecular weight is 625 g/mol. The summed E-state index contributed by atoms with van der Waals surface area (Å²) in [6.07, 6.45) is 40.2. The van der Waals surface area contributed by atoms with Gasteiger partial charge in [0.2, 0.25) is 0 Å². The van der Waals surface area contributed by atoms with Crippen molar-refractivity contribution < 1.29 is 18.4 Å². The van der Waals surface area contributed by atoms with Gasteiger partial charge >= 0.3 is 8.56 Å². The molecule has 0 unspecified atom stereocenters. The zero-order valence-electron chi connectivity index (χ0n) is 29.8. The van der Waals surface area contributed by atoms with Crippen molar-refractivity contribution in [2.75, 3.05) is 0 Å². The molecule has 0 aromatic rings. The molecule has 0 N–H and O–H groups in total. The van der Waals surface area contributed by atoms with Gasteiger partial charge in [0, 0.05) is 25.9 Å². The lowest BCUT2D eigenvalue weighted by molar-refractivity contribution is -0.141. The van der Waals surface area contributed by atoms with Crippen LogP contribution in [0.15, 0.2) is 0 Å². The van der Waals surface area contributed by atoms with Gasteiger partial charge in [-0.25, -0.2) is 0 Å². The third-order valence-electron chi connectivity index (χ3n) is 8.69. The molecule has 0 atom stereocenters. The Morgan fingerprint density at radius 3 is 0.744 bits per heavy atom. The van der Waals surface area contributed by atoms with Crippen molar-refractivity contribution in [2.45, 2.75) is 232 Å². The monoisotopic (exact) mass is 625 g/mol. The molecule has 0 amide bonds. The second-order valence-corrected chi connectivity index (χ2v) is 17.0. The summed E-state index contributed by atoms with van der Waals surface area (Å²) in [7, 11) is -2.75. The maximum atomic E-state index is 12.3. The fourth-order valence-corrected chi connectivity index (χ4v) is 7.29. The van der Waals surface area contributed by atoms with Gasteiger partial charge in [-0.2, -0.15) is 0 Å². The lowest BCUT2D eigenvalue weighted by Crippen LogP contribution is -2.39. The Labute approximate surface area is 270 Å². The number of hydrogen-bond acceptors (Lipinski definition) is 4. The summed E-state index contributed by atoms with van der Waals surface area (Å²) in [5.41, 5.74) is 0. The zero-order valence-corrected chi connectivity index (χ0v) is 30.8. The van der Waals surface area contributed by atoms with Gasteiger partial charge in [-0.05, 0) is 12.8 Å². The van der Waals surface area contributed by atoms with Crippen molar-refractivity contribution in [3.63, 3.8) is 0 Å². The minimum absolute atomic E-state index is 0.203. The lowest BCUT2D eigenvalue weighted by atomic mass is 10.0. The molecule has 0 saturated heterocycles. The molecule has 0 bridgehead atoms. The first-order chi connectivity index (χ1) is 20.9. The van der Waals surface area contributed by atoms with E-state index in [1.807, 2.05) is 13.1 Å². The fraction of sp³-hybridized carbons (Fsp3) is 0.947. The number of unbranched alkanes of at least 4 members (excludes halogenated alkanes) is 28. The van der Waals surface area contributed by atoms with Gasteiger partial charge in [0.1, 0.15) is 0 Å². The summed E-state index contributed by atoms with van der Waals surface area (Å²) >= 11 is 0. The lowest BCUT2D eigenvalue weighted by Gasteiger charge is -2.22. The Hall–Kier alpha value is -0.843. The van der Waals surface area contributed by atoms with Crippen molar-refractivity contribution in [2.24, 2.45) is 0 Å². The Morgan fingerprint density at radius 2 is 0.535 bits per heavy atom. The van der Waals surface area contributed by atoms with E-state index in [1.165, 1.54) is 167 Å². The predicted octanol–water partition coefficient (Wildman–Crippen LogP) is 13.3. The summed E-state index contributed by atoms with van der Waals surface area (Å²) in [6.45, 7) is 8.17. The minimum atomic E-state index is -2.75. The van der Waals surface area contributed by atoms with Crippen LogP contribution in [0.4, 0.5) is 0 Å². The molecule has 0 aliphatic heterocycles. The van der Waals surface area contributed by atoms with Crippen molar-refractivity contribution in [1.82, 2.24) is 0 Å². The van der Waals surface area contributed by atoms with E-state index in [0.29, 0.717) is 12.8 Å². The second-order valence-electron chi connectivity index (χ2n) is 13.7. The van der Waals surface area contributed by atoms with Crippen LogP contribution in [0.5, 0.6) is 0 Å². The third-order valence-corrected chi connectivity index (χ3v) is 10.1. The SMILES string of the molecule is CCCCCCCCCCCCCCCCCC(=O)O[Si](C)(C)OC(=O)CCCCCCCCCCCCCCCCC. The van der Waals surface area contributed by atoms with Crippen LogP contribution >= 0.6 is 0 Å². The van der Waals surface area contributed by atoms with Crippen molar-refractivity contribution in [3.8, 4) is 0 Å². The molecule has 0 spiro atoms. The zero-order chi connectivity index (χ0) is 31.7. The molecule has 0 heterocycles. The molecule has 0 aliphatic carbocycles. The largest absolute Gasteiger partial charge is 0.485 e. The number of carbonyl (C=O) groups is 2. The summed E-state index contributed by atoms with van der Waals surface area (Å²) in [5.74, 6) is -0.405. The van der Waals surface area contributed by atoms with Gasteiger partial charge in [-0.15, -0.1) is 0 Å². The van der Waals surface area contributed by atoms with Crippen LogP contribution in [0.2, 0.25) is 13.1 Å². The minimum Gasteiger partial charge on any atom is -0.485 e. The van der Waals surface area contributed by atoms with Crippen LogP contribution in [0, 0.1) is 0 Å². The Kier molecular flexibility index (Phi) is 31.9. The maximum absolute atomic E-state index is 12.3. The predicted molar refractivity (Wildman–Crippen MR) is 189 cm³/mol. The highest BCUT2D eigenvalue weighted by molar-refractivity contribution is 6.67. The van der Waals surface area contributed by atoms with Gasteiger partial charge in [0.25, 0.3) is 11.9 Å². The van der Waals surface area contributed by atoms with Crippen LogP contribution in [-0.2, 0) is 18.4 Å². The normalized spacial score (nSPS) is 11.6. The molecule has 0 aromatic carbocycles. The average Bonchev–Trinajstić information content (AvgIpc) is 2.96. The summed E-state index contributed by atoms with van der Waals surface area (Å²) in [4.78, 5) is 24.6. The van der Waals surface area contributed by atoms with E-state index in [2.05, 4.69) is 13.8 Å². The molecule has 0 saturated carbocycles. The number of hydrogen-bond donors (Lipinski definition) is 0. The standard InChI is InChI=1S/C38H76O4Si/c1-5-7-9-11-13-15-17-19-21-23-25-27-29-31-33-35-37(39)41-43(3,4)42-38(40)36-34-32-30-28-26-24-22-20-18-16-14-12-10-8-6-2/h5-36H2,1-4H3. The highest BCUT2D eigenvalue weighted by Gasteiger charge is 2.33. The Morgan fingerprint density at radius 1 is 0.349 bits per heavy atom. The van der Waals surface area contributed by atoms with E-state index in [1.54, 1.807) is 0 Å². The van der Waals surface area contributed by atoms with E-state index in [0.717, 1.165) is 25.7 Å². The number of carbonyl (C=O) groups excluding carboxylic acids is 2. The summed E-state index contributed by atoms with van der Waals surface area (Å²) in [6, 6.07) is 0. The van der Waals surface area contributed by atoms with Crippen LogP contribution in [0.3, 0.4) is 0 Å². The molecule has 0 aliphatic rings.